The van der Waals surface area contributed by atoms with Crippen molar-refractivity contribution >= 4 is 31.5 Å². The Hall–Kier alpha value is -1.48. The van der Waals surface area contributed by atoms with Crippen LogP contribution in [0.5, 0.6) is 0 Å². The molecule has 0 N–H and O–H groups in total. The van der Waals surface area contributed by atoms with Crippen LogP contribution in [0.4, 0.5) is 4.39 Å². The summed E-state index contributed by atoms with van der Waals surface area (Å²) in [5, 5.41) is 0.149. The molecule has 1 saturated carbocycles. The van der Waals surface area contributed by atoms with Crippen molar-refractivity contribution in [3.63, 3.8) is 0 Å². The van der Waals surface area contributed by atoms with Gasteiger partial charge >= 0.3 is 0 Å². The van der Waals surface area contributed by atoms with E-state index in [0.29, 0.717) is 12.8 Å². The highest BCUT2D eigenvalue weighted by molar-refractivity contribution is 7.91. The van der Waals surface area contributed by atoms with E-state index < -0.39 is 25.7 Å². The molecular formula is C17H17ClFNO4S2. The average Bonchev–Trinajstić information content (AvgIpc) is 3.38. The molecule has 0 aliphatic heterocycles. The maximum absolute atomic E-state index is 14.1. The van der Waals surface area contributed by atoms with Crippen LogP contribution in [0.2, 0.25) is 5.02 Å². The standard InChI is InChI=1S/C17H17ClFNO4S2/c1-25(21,22)13-4-2-5-14(10-13)26(23,24)20(12-8-9-12)11-15-16(18)6-3-7-17(15)19/h2-7,10,12H,8-9,11H2,1H3. The number of hydrogen-bond donors (Lipinski definition) is 0. The van der Waals surface area contributed by atoms with Crippen molar-refractivity contribution in [2.45, 2.75) is 35.2 Å². The first-order chi connectivity index (χ1) is 12.1. The molecule has 1 aliphatic rings. The predicted octanol–water partition coefficient (Wildman–Crippen LogP) is 3.24. The van der Waals surface area contributed by atoms with Crippen molar-refractivity contribution in [1.82, 2.24) is 4.31 Å². The Bertz CT molecular complexity index is 1030. The molecule has 140 valence electrons. The molecule has 5 nitrogen and oxygen atoms in total. The molecule has 0 radical (unpaired) electrons. The smallest absolute Gasteiger partial charge is 0.224 e. The highest BCUT2D eigenvalue weighted by Gasteiger charge is 2.39. The Labute approximate surface area is 157 Å². The topological polar surface area (TPSA) is 71.5 Å². The zero-order valence-electron chi connectivity index (χ0n) is 13.9. The lowest BCUT2D eigenvalue weighted by atomic mass is 10.2. The molecule has 0 spiro atoms. The molecule has 1 fully saturated rings. The van der Waals surface area contributed by atoms with Crippen LogP contribution in [0.3, 0.4) is 0 Å². The minimum absolute atomic E-state index is 0.0850. The molecule has 2 aromatic carbocycles. The van der Waals surface area contributed by atoms with Crippen LogP contribution in [-0.2, 0) is 26.4 Å². The lowest BCUT2D eigenvalue weighted by molar-refractivity contribution is 0.391. The molecule has 0 aromatic heterocycles. The normalized spacial score (nSPS) is 15.4. The van der Waals surface area contributed by atoms with Crippen LogP contribution < -0.4 is 0 Å². The summed E-state index contributed by atoms with van der Waals surface area (Å²) in [5.74, 6) is -0.580. The summed E-state index contributed by atoms with van der Waals surface area (Å²) in [6.45, 7) is -0.207. The summed E-state index contributed by atoms with van der Waals surface area (Å²) in [4.78, 5) is -0.224. The van der Waals surface area contributed by atoms with Crippen molar-refractivity contribution in [3.05, 3.63) is 58.9 Å². The van der Waals surface area contributed by atoms with Gasteiger partial charge in [-0.3, -0.25) is 0 Å². The van der Waals surface area contributed by atoms with E-state index in [1.54, 1.807) is 0 Å². The third-order valence-corrected chi connectivity index (χ3v) is 7.53. The molecule has 9 heteroatoms. The van der Waals surface area contributed by atoms with Crippen LogP contribution >= 0.6 is 11.6 Å². The van der Waals surface area contributed by atoms with Crippen molar-refractivity contribution in [2.75, 3.05) is 6.26 Å². The van der Waals surface area contributed by atoms with Gasteiger partial charge in [-0.15, -0.1) is 0 Å². The fourth-order valence-electron chi connectivity index (χ4n) is 2.61. The van der Waals surface area contributed by atoms with Crippen LogP contribution in [-0.4, -0.2) is 33.4 Å². The molecule has 26 heavy (non-hydrogen) atoms. The molecule has 0 heterocycles. The number of halogens is 2. The first-order valence-corrected chi connectivity index (χ1v) is 11.6. The molecule has 1 aliphatic carbocycles. The molecule has 0 amide bonds. The molecule has 2 aromatic rings. The van der Waals surface area contributed by atoms with E-state index in [1.165, 1.54) is 40.7 Å². The second kappa shape index (κ2) is 6.92. The first-order valence-electron chi connectivity index (χ1n) is 7.85. The van der Waals surface area contributed by atoms with Gasteiger partial charge < -0.3 is 0 Å². The lowest BCUT2D eigenvalue weighted by Gasteiger charge is -2.23. The zero-order chi connectivity index (χ0) is 19.1. The van der Waals surface area contributed by atoms with E-state index in [9.17, 15) is 21.2 Å². The van der Waals surface area contributed by atoms with Crippen molar-refractivity contribution in [1.29, 1.82) is 0 Å². The fourth-order valence-corrected chi connectivity index (χ4v) is 5.28. The molecule has 0 saturated heterocycles. The van der Waals surface area contributed by atoms with Gasteiger partial charge in [0, 0.05) is 29.4 Å². The maximum atomic E-state index is 14.1. The van der Waals surface area contributed by atoms with Crippen LogP contribution in [0, 0.1) is 5.82 Å². The molecule has 3 rings (SSSR count). The van der Waals surface area contributed by atoms with E-state index in [4.69, 9.17) is 11.6 Å². The Morgan fingerprint density at radius 2 is 1.69 bits per heavy atom. The first kappa shape index (κ1) is 19.3. The SMILES string of the molecule is CS(=O)(=O)c1cccc(S(=O)(=O)N(Cc2c(F)cccc2Cl)C2CC2)c1. The van der Waals surface area contributed by atoms with E-state index in [1.807, 2.05) is 0 Å². The van der Waals surface area contributed by atoms with Gasteiger partial charge in [-0.25, -0.2) is 21.2 Å². The zero-order valence-corrected chi connectivity index (χ0v) is 16.3. The maximum Gasteiger partial charge on any atom is 0.243 e. The largest absolute Gasteiger partial charge is 0.243 e. The molecule has 0 bridgehead atoms. The molecule has 0 atom stereocenters. The van der Waals surface area contributed by atoms with E-state index in [-0.39, 0.29) is 33.0 Å². The van der Waals surface area contributed by atoms with E-state index in [2.05, 4.69) is 0 Å². The second-order valence-electron chi connectivity index (χ2n) is 6.23. The number of rotatable bonds is 6. The Kier molecular flexibility index (Phi) is 5.13. The number of sulfone groups is 1. The summed E-state index contributed by atoms with van der Waals surface area (Å²) < 4.78 is 65.0. The summed E-state index contributed by atoms with van der Waals surface area (Å²) in [7, 11) is -7.56. The molecule has 0 unspecified atom stereocenters. The van der Waals surface area contributed by atoms with Gasteiger partial charge in [0.1, 0.15) is 5.82 Å². The third-order valence-electron chi connectivity index (χ3n) is 4.17. The summed E-state index contributed by atoms with van der Waals surface area (Å²) in [5.41, 5.74) is 0.101. The number of nitrogens with zero attached hydrogens (tertiary/aromatic N) is 1. The van der Waals surface area contributed by atoms with Crippen molar-refractivity contribution < 1.29 is 21.2 Å². The number of benzene rings is 2. The Morgan fingerprint density at radius 1 is 1.08 bits per heavy atom. The van der Waals surface area contributed by atoms with Gasteiger partial charge in [0.25, 0.3) is 0 Å². The van der Waals surface area contributed by atoms with Gasteiger partial charge in [0.05, 0.1) is 9.79 Å². The minimum Gasteiger partial charge on any atom is -0.224 e. The second-order valence-corrected chi connectivity index (χ2v) is 10.5. The highest BCUT2D eigenvalue weighted by Crippen LogP contribution is 2.35. The fraction of sp³-hybridized carbons (Fsp3) is 0.294. The lowest BCUT2D eigenvalue weighted by Crippen LogP contribution is -2.33. The van der Waals surface area contributed by atoms with Gasteiger partial charge in [0.15, 0.2) is 9.84 Å². The summed E-state index contributed by atoms with van der Waals surface area (Å²) >= 11 is 6.04. The highest BCUT2D eigenvalue weighted by atomic mass is 35.5. The molecular weight excluding hydrogens is 401 g/mol. The van der Waals surface area contributed by atoms with Gasteiger partial charge in [-0.1, -0.05) is 23.7 Å². The summed E-state index contributed by atoms with van der Waals surface area (Å²) in [6, 6.07) is 9.11. The Balaban J connectivity index is 2.03. The van der Waals surface area contributed by atoms with E-state index >= 15 is 0 Å². The van der Waals surface area contributed by atoms with Crippen LogP contribution in [0.1, 0.15) is 18.4 Å². The minimum atomic E-state index is -4.01. The number of sulfonamides is 1. The van der Waals surface area contributed by atoms with E-state index in [0.717, 1.165) is 12.3 Å². The van der Waals surface area contributed by atoms with Gasteiger partial charge in [0.2, 0.25) is 10.0 Å². The quantitative estimate of drug-likeness (QED) is 0.723. The van der Waals surface area contributed by atoms with Crippen molar-refractivity contribution in [2.24, 2.45) is 0 Å². The number of hydrogen-bond acceptors (Lipinski definition) is 4. The van der Waals surface area contributed by atoms with Gasteiger partial charge in [-0.05, 0) is 43.2 Å². The van der Waals surface area contributed by atoms with Gasteiger partial charge in [-0.2, -0.15) is 4.31 Å². The Morgan fingerprint density at radius 3 is 2.27 bits per heavy atom. The third kappa shape index (κ3) is 3.93. The predicted molar refractivity (Wildman–Crippen MR) is 96.7 cm³/mol. The average molecular weight is 418 g/mol. The van der Waals surface area contributed by atoms with Crippen LogP contribution in [0.25, 0.3) is 0 Å². The van der Waals surface area contributed by atoms with Crippen molar-refractivity contribution in [3.8, 4) is 0 Å². The monoisotopic (exact) mass is 417 g/mol. The summed E-state index contributed by atoms with van der Waals surface area (Å²) in [6.07, 6.45) is 2.34. The van der Waals surface area contributed by atoms with Crippen LogP contribution in [0.15, 0.2) is 52.3 Å².